The van der Waals surface area contributed by atoms with Crippen LogP contribution in [0.4, 0.5) is 11.4 Å². The van der Waals surface area contributed by atoms with Gasteiger partial charge in [0.05, 0.1) is 23.2 Å². The van der Waals surface area contributed by atoms with Crippen molar-refractivity contribution >= 4 is 39.2 Å². The number of fused-ring (bicyclic) bond motifs is 2. The number of benzene rings is 3. The molecule has 0 saturated carbocycles. The first-order valence-corrected chi connectivity index (χ1v) is 13.2. The van der Waals surface area contributed by atoms with Crippen molar-refractivity contribution in [3.8, 4) is 22.3 Å². The van der Waals surface area contributed by atoms with Gasteiger partial charge in [-0.3, -0.25) is 0 Å². The van der Waals surface area contributed by atoms with Gasteiger partial charge in [-0.2, -0.15) is 5.10 Å². The summed E-state index contributed by atoms with van der Waals surface area (Å²) in [6, 6.07) is 20.8. The molecule has 8 heteroatoms. The van der Waals surface area contributed by atoms with Gasteiger partial charge in [-0.05, 0) is 34.7 Å². The monoisotopic (exact) mass is 482 g/mol. The van der Waals surface area contributed by atoms with Gasteiger partial charge in [0.15, 0.2) is 5.65 Å². The Labute approximate surface area is 207 Å². The van der Waals surface area contributed by atoms with Crippen LogP contribution in [-0.2, 0) is 11.4 Å². The van der Waals surface area contributed by atoms with E-state index in [1.54, 1.807) is 6.26 Å². The van der Waals surface area contributed by atoms with Crippen molar-refractivity contribution in [1.82, 2.24) is 19.9 Å². The van der Waals surface area contributed by atoms with Crippen LogP contribution in [0.3, 0.4) is 0 Å². The molecular formula is C27H26N6OS. The highest BCUT2D eigenvalue weighted by atomic mass is 32.2. The molecule has 0 radical (unpaired) electrons. The van der Waals surface area contributed by atoms with Crippen molar-refractivity contribution in [1.29, 1.82) is 0 Å². The Morgan fingerprint density at radius 2 is 1.66 bits per heavy atom. The number of hydrogen-bond acceptors (Lipinski definition) is 6. The van der Waals surface area contributed by atoms with Crippen LogP contribution in [0.2, 0.25) is 0 Å². The third-order valence-corrected chi connectivity index (χ3v) is 7.01. The van der Waals surface area contributed by atoms with Gasteiger partial charge in [0.1, 0.15) is 6.26 Å². The smallest absolute Gasteiger partial charge is 0.162 e. The van der Waals surface area contributed by atoms with Crippen molar-refractivity contribution in [3.63, 3.8) is 0 Å². The molecule has 0 amide bonds. The number of hydrogen-bond donors (Lipinski definition) is 2. The molecule has 1 unspecified atom stereocenters. The van der Waals surface area contributed by atoms with Crippen molar-refractivity contribution in [2.24, 2.45) is 0 Å². The van der Waals surface area contributed by atoms with Crippen molar-refractivity contribution < 1.29 is 4.55 Å². The molecule has 0 bridgehead atoms. The normalized spacial score (nSPS) is 15.0. The molecule has 1 atom stereocenters. The summed E-state index contributed by atoms with van der Waals surface area (Å²) in [5.74, 6) is 0. The Morgan fingerprint density at radius 1 is 0.886 bits per heavy atom. The molecule has 7 nitrogen and oxygen atoms in total. The van der Waals surface area contributed by atoms with E-state index in [0.717, 1.165) is 70.5 Å². The SMILES string of the molecule is C[S+]([O-])Nc1ccc(-c2cnn3cc(-c4ccc(N5CCNCC5)cc4)cnc23)c2ccccc12. The lowest BCUT2D eigenvalue weighted by molar-refractivity contribution is 0.589. The largest absolute Gasteiger partial charge is 0.593 e. The zero-order valence-electron chi connectivity index (χ0n) is 19.4. The third kappa shape index (κ3) is 4.20. The lowest BCUT2D eigenvalue weighted by Gasteiger charge is -2.29. The zero-order valence-corrected chi connectivity index (χ0v) is 20.3. The maximum atomic E-state index is 11.8. The second-order valence-electron chi connectivity index (χ2n) is 8.72. The van der Waals surface area contributed by atoms with Crippen LogP contribution < -0.4 is 14.9 Å². The van der Waals surface area contributed by atoms with Gasteiger partial charge in [0.2, 0.25) is 0 Å². The van der Waals surface area contributed by atoms with E-state index < -0.39 is 11.4 Å². The van der Waals surface area contributed by atoms with Crippen LogP contribution in [0.15, 0.2) is 79.3 Å². The first kappa shape index (κ1) is 21.9. The van der Waals surface area contributed by atoms with Crippen LogP contribution in [-0.4, -0.2) is 51.6 Å². The molecule has 0 aliphatic carbocycles. The molecule has 0 spiro atoms. The number of nitrogens with zero attached hydrogens (tertiary/aromatic N) is 4. The number of nitrogens with one attached hydrogen (secondary N) is 2. The van der Waals surface area contributed by atoms with E-state index in [9.17, 15) is 4.55 Å². The number of rotatable bonds is 5. The van der Waals surface area contributed by atoms with Crippen molar-refractivity contribution in [3.05, 3.63) is 79.3 Å². The van der Waals surface area contributed by atoms with E-state index >= 15 is 0 Å². The van der Waals surface area contributed by atoms with Crippen molar-refractivity contribution in [2.45, 2.75) is 0 Å². The zero-order chi connectivity index (χ0) is 23.8. The predicted octanol–water partition coefficient (Wildman–Crippen LogP) is 4.33. The molecule has 35 heavy (non-hydrogen) atoms. The van der Waals surface area contributed by atoms with E-state index in [2.05, 4.69) is 50.4 Å². The van der Waals surface area contributed by atoms with Gasteiger partial charge in [-0.25, -0.2) is 14.2 Å². The highest BCUT2D eigenvalue weighted by Crippen LogP contribution is 2.35. The van der Waals surface area contributed by atoms with Gasteiger partial charge >= 0.3 is 0 Å². The molecule has 3 heterocycles. The molecule has 5 aromatic rings. The van der Waals surface area contributed by atoms with Crippen LogP contribution in [0.1, 0.15) is 0 Å². The van der Waals surface area contributed by atoms with Gasteiger partial charge in [0.25, 0.3) is 0 Å². The molecular weight excluding hydrogens is 456 g/mol. The summed E-state index contributed by atoms with van der Waals surface area (Å²) in [6.45, 7) is 4.11. The summed E-state index contributed by atoms with van der Waals surface area (Å²) in [6.07, 6.45) is 7.45. The Hall–Kier alpha value is -3.59. The molecule has 1 aliphatic heterocycles. The fraction of sp³-hybridized carbons (Fsp3) is 0.185. The maximum absolute atomic E-state index is 11.8. The quantitative estimate of drug-likeness (QED) is 0.363. The van der Waals surface area contributed by atoms with E-state index in [4.69, 9.17) is 4.98 Å². The molecule has 2 aromatic heterocycles. The predicted molar refractivity (Wildman–Crippen MR) is 144 cm³/mol. The summed E-state index contributed by atoms with van der Waals surface area (Å²) in [4.78, 5) is 7.21. The Balaban J connectivity index is 1.35. The fourth-order valence-electron chi connectivity index (χ4n) is 4.78. The maximum Gasteiger partial charge on any atom is 0.162 e. The number of anilines is 2. The average Bonchev–Trinajstić information content (AvgIpc) is 3.32. The van der Waals surface area contributed by atoms with Gasteiger partial charge in [-0.1, -0.05) is 42.5 Å². The highest BCUT2D eigenvalue weighted by molar-refractivity contribution is 7.92. The minimum absolute atomic E-state index is 0.802. The van der Waals surface area contributed by atoms with E-state index in [0.29, 0.717) is 0 Å². The Bertz CT molecular complexity index is 1490. The minimum Gasteiger partial charge on any atom is -0.593 e. The summed E-state index contributed by atoms with van der Waals surface area (Å²) in [7, 11) is 0. The fourth-order valence-corrected chi connectivity index (χ4v) is 5.27. The van der Waals surface area contributed by atoms with Gasteiger partial charge in [0, 0.05) is 60.8 Å². The van der Waals surface area contributed by atoms with E-state index in [1.165, 1.54) is 5.69 Å². The average molecular weight is 483 g/mol. The second kappa shape index (κ2) is 9.22. The molecule has 1 fully saturated rings. The van der Waals surface area contributed by atoms with Gasteiger partial charge < -0.3 is 14.8 Å². The summed E-state index contributed by atoms with van der Waals surface area (Å²) < 4.78 is 16.6. The van der Waals surface area contributed by atoms with E-state index in [-0.39, 0.29) is 0 Å². The third-order valence-electron chi connectivity index (χ3n) is 6.51. The molecule has 1 aliphatic rings. The summed E-state index contributed by atoms with van der Waals surface area (Å²) in [5, 5.41) is 10.1. The summed E-state index contributed by atoms with van der Waals surface area (Å²) in [5.41, 5.74) is 7.05. The molecule has 2 N–H and O–H groups in total. The molecule has 3 aromatic carbocycles. The topological polar surface area (TPSA) is 80.5 Å². The number of piperazine rings is 1. The lowest BCUT2D eigenvalue weighted by atomic mass is 9.99. The lowest BCUT2D eigenvalue weighted by Crippen LogP contribution is -2.43. The molecule has 6 rings (SSSR count). The molecule has 176 valence electrons. The van der Waals surface area contributed by atoms with Gasteiger partial charge in [-0.15, -0.1) is 0 Å². The first-order chi connectivity index (χ1) is 17.2. The minimum atomic E-state index is -1.15. The van der Waals surface area contributed by atoms with Crippen LogP contribution in [0.25, 0.3) is 38.7 Å². The van der Waals surface area contributed by atoms with Crippen LogP contribution in [0.5, 0.6) is 0 Å². The van der Waals surface area contributed by atoms with Crippen LogP contribution >= 0.6 is 0 Å². The van der Waals surface area contributed by atoms with E-state index in [1.807, 2.05) is 53.4 Å². The standard InChI is InChI=1S/C27H26N6OS/c1-35(34)31-26-11-10-23(22-4-2-3-5-24(22)26)25-17-30-33-18-20(16-29-27(25)33)19-6-8-21(9-7-19)32-14-12-28-13-15-32/h2-11,16-18,28,31H,12-15H2,1H3. The number of aromatic nitrogens is 3. The second-order valence-corrected chi connectivity index (χ2v) is 9.83. The summed E-state index contributed by atoms with van der Waals surface area (Å²) >= 11 is -1.15. The van der Waals surface area contributed by atoms with Crippen molar-refractivity contribution in [2.75, 3.05) is 42.1 Å². The Morgan fingerprint density at radius 3 is 2.43 bits per heavy atom. The Kier molecular flexibility index (Phi) is 5.77. The first-order valence-electron chi connectivity index (χ1n) is 11.7. The van der Waals surface area contributed by atoms with Crippen LogP contribution in [0, 0.1) is 0 Å². The highest BCUT2D eigenvalue weighted by Gasteiger charge is 2.15. The molecule has 1 saturated heterocycles.